The summed E-state index contributed by atoms with van der Waals surface area (Å²) in [5, 5.41) is 2.89. The quantitative estimate of drug-likeness (QED) is 0.735. The molecule has 96 valence electrons. The molecule has 0 saturated carbocycles. The minimum atomic E-state index is -0.0264. The summed E-state index contributed by atoms with van der Waals surface area (Å²) in [5.41, 5.74) is 6.40. The van der Waals surface area contributed by atoms with Crippen molar-refractivity contribution in [3.8, 4) is 0 Å². The number of methoxy groups -OCH3 is 1. The molecule has 1 aromatic heterocycles. The molecule has 0 radical (unpaired) electrons. The number of nitrogens with one attached hydrogen (secondary N) is 1. The number of aryl methyl sites for hydroxylation is 1. The molecule has 1 amide bonds. The van der Waals surface area contributed by atoms with E-state index in [2.05, 4.69) is 5.32 Å². The molecule has 0 unspecified atom stereocenters. The monoisotopic (exact) mass is 256 g/mol. The third-order valence-corrected chi connectivity index (χ3v) is 3.56. The van der Waals surface area contributed by atoms with Crippen molar-refractivity contribution < 1.29 is 9.53 Å². The maximum Gasteiger partial charge on any atom is 0.261 e. The SMILES string of the molecule is COCCCCCNC(=O)c1cc(N)c(C)s1. The highest BCUT2D eigenvalue weighted by atomic mass is 32.1. The van der Waals surface area contributed by atoms with Gasteiger partial charge in [-0.2, -0.15) is 0 Å². The molecule has 17 heavy (non-hydrogen) atoms. The number of hydrogen-bond donors (Lipinski definition) is 2. The van der Waals surface area contributed by atoms with Crippen molar-refractivity contribution in [2.75, 3.05) is 26.0 Å². The highest BCUT2D eigenvalue weighted by molar-refractivity contribution is 7.14. The normalized spacial score (nSPS) is 10.5. The molecule has 1 heterocycles. The summed E-state index contributed by atoms with van der Waals surface area (Å²) in [7, 11) is 1.70. The van der Waals surface area contributed by atoms with Crippen molar-refractivity contribution in [2.24, 2.45) is 0 Å². The highest BCUT2D eigenvalue weighted by Gasteiger charge is 2.09. The largest absolute Gasteiger partial charge is 0.398 e. The Morgan fingerprint density at radius 2 is 2.24 bits per heavy atom. The Labute approximate surface area is 106 Å². The number of nitrogens with two attached hydrogens (primary N) is 1. The molecule has 0 saturated heterocycles. The van der Waals surface area contributed by atoms with Crippen LogP contribution in [-0.4, -0.2) is 26.2 Å². The van der Waals surface area contributed by atoms with E-state index in [9.17, 15) is 4.79 Å². The minimum Gasteiger partial charge on any atom is -0.398 e. The maximum atomic E-state index is 11.7. The van der Waals surface area contributed by atoms with Gasteiger partial charge in [0, 0.05) is 30.8 Å². The van der Waals surface area contributed by atoms with Gasteiger partial charge in [0.15, 0.2) is 0 Å². The molecule has 0 bridgehead atoms. The number of carbonyl (C=O) groups is 1. The molecule has 0 aliphatic heterocycles. The second kappa shape index (κ2) is 7.29. The van der Waals surface area contributed by atoms with E-state index in [1.807, 2.05) is 6.92 Å². The van der Waals surface area contributed by atoms with Gasteiger partial charge in [0.2, 0.25) is 0 Å². The van der Waals surface area contributed by atoms with Crippen LogP contribution in [0.4, 0.5) is 5.69 Å². The van der Waals surface area contributed by atoms with Gasteiger partial charge in [-0.15, -0.1) is 11.3 Å². The fourth-order valence-corrected chi connectivity index (χ4v) is 2.30. The predicted molar refractivity (Wildman–Crippen MR) is 71.5 cm³/mol. The third-order valence-electron chi connectivity index (χ3n) is 2.49. The van der Waals surface area contributed by atoms with Crippen LogP contribution in [0, 0.1) is 6.92 Å². The molecule has 0 aliphatic rings. The van der Waals surface area contributed by atoms with Crippen LogP contribution in [0.15, 0.2) is 6.07 Å². The standard InChI is InChI=1S/C12H20N2O2S/c1-9-10(13)8-11(17-9)12(15)14-6-4-3-5-7-16-2/h8H,3-7,13H2,1-2H3,(H,14,15). The van der Waals surface area contributed by atoms with E-state index in [4.69, 9.17) is 10.5 Å². The van der Waals surface area contributed by atoms with Gasteiger partial charge in [0.25, 0.3) is 5.91 Å². The predicted octanol–water partition coefficient (Wildman–Crippen LogP) is 2.19. The van der Waals surface area contributed by atoms with Crippen molar-refractivity contribution in [1.82, 2.24) is 5.32 Å². The van der Waals surface area contributed by atoms with Crippen molar-refractivity contribution in [3.63, 3.8) is 0 Å². The number of thiophene rings is 1. The topological polar surface area (TPSA) is 64.3 Å². The Balaban J connectivity index is 2.21. The molecule has 5 heteroatoms. The van der Waals surface area contributed by atoms with Crippen LogP contribution in [-0.2, 0) is 4.74 Å². The van der Waals surface area contributed by atoms with Crippen molar-refractivity contribution in [1.29, 1.82) is 0 Å². The molecule has 0 atom stereocenters. The van der Waals surface area contributed by atoms with Crippen LogP contribution >= 0.6 is 11.3 Å². The molecule has 1 aromatic rings. The molecule has 0 spiro atoms. The summed E-state index contributed by atoms with van der Waals surface area (Å²) in [6, 6.07) is 1.74. The van der Waals surface area contributed by atoms with Gasteiger partial charge < -0.3 is 15.8 Å². The Morgan fingerprint density at radius 3 is 2.82 bits per heavy atom. The van der Waals surface area contributed by atoms with E-state index in [1.54, 1.807) is 13.2 Å². The summed E-state index contributed by atoms with van der Waals surface area (Å²) in [4.78, 5) is 13.4. The Kier molecular flexibility index (Phi) is 6.00. The number of carbonyl (C=O) groups excluding carboxylic acids is 1. The number of hydrogen-bond acceptors (Lipinski definition) is 4. The number of unbranched alkanes of at least 4 members (excludes halogenated alkanes) is 2. The number of rotatable bonds is 7. The van der Waals surface area contributed by atoms with Gasteiger partial charge in [0.05, 0.1) is 4.88 Å². The van der Waals surface area contributed by atoms with Crippen LogP contribution in [0.5, 0.6) is 0 Å². The smallest absolute Gasteiger partial charge is 0.261 e. The van der Waals surface area contributed by atoms with Crippen molar-refractivity contribution >= 4 is 22.9 Å². The summed E-state index contributed by atoms with van der Waals surface area (Å²) < 4.78 is 4.96. The second-order valence-electron chi connectivity index (χ2n) is 3.93. The number of nitrogen functional groups attached to an aromatic ring is 1. The van der Waals surface area contributed by atoms with E-state index >= 15 is 0 Å². The number of anilines is 1. The molecule has 4 nitrogen and oxygen atoms in total. The summed E-state index contributed by atoms with van der Waals surface area (Å²) in [5.74, 6) is -0.0264. The molecule has 0 aliphatic carbocycles. The van der Waals surface area contributed by atoms with Gasteiger partial charge in [-0.3, -0.25) is 4.79 Å². The molecular weight excluding hydrogens is 236 g/mol. The van der Waals surface area contributed by atoms with Gasteiger partial charge in [-0.05, 0) is 32.3 Å². The lowest BCUT2D eigenvalue weighted by molar-refractivity contribution is 0.0956. The van der Waals surface area contributed by atoms with Crippen LogP contribution in [0.3, 0.4) is 0 Å². The van der Waals surface area contributed by atoms with Crippen molar-refractivity contribution in [3.05, 3.63) is 15.8 Å². The van der Waals surface area contributed by atoms with E-state index in [0.29, 0.717) is 17.1 Å². The van der Waals surface area contributed by atoms with Crippen molar-refractivity contribution in [2.45, 2.75) is 26.2 Å². The molecule has 3 N–H and O–H groups in total. The summed E-state index contributed by atoms with van der Waals surface area (Å²) in [6.07, 6.45) is 3.09. The number of amides is 1. The van der Waals surface area contributed by atoms with Crippen LogP contribution in [0.2, 0.25) is 0 Å². The Morgan fingerprint density at radius 1 is 1.47 bits per heavy atom. The van der Waals surface area contributed by atoms with Gasteiger partial charge in [-0.1, -0.05) is 0 Å². The van der Waals surface area contributed by atoms with Gasteiger partial charge >= 0.3 is 0 Å². The zero-order valence-corrected chi connectivity index (χ0v) is 11.2. The average Bonchev–Trinajstić information content (AvgIpc) is 2.64. The first-order valence-electron chi connectivity index (χ1n) is 5.78. The fraction of sp³-hybridized carbons (Fsp3) is 0.583. The summed E-state index contributed by atoms with van der Waals surface area (Å²) >= 11 is 1.44. The third kappa shape index (κ3) is 4.75. The van der Waals surface area contributed by atoms with E-state index in [0.717, 1.165) is 30.7 Å². The van der Waals surface area contributed by atoms with E-state index < -0.39 is 0 Å². The lowest BCUT2D eigenvalue weighted by Crippen LogP contribution is -2.23. The molecular formula is C12H20N2O2S. The van der Waals surface area contributed by atoms with E-state index in [1.165, 1.54) is 11.3 Å². The van der Waals surface area contributed by atoms with Crippen LogP contribution in [0.1, 0.15) is 33.8 Å². The first-order valence-corrected chi connectivity index (χ1v) is 6.60. The zero-order chi connectivity index (χ0) is 12.7. The minimum absolute atomic E-state index is 0.0264. The Bertz CT molecular complexity index is 344. The lowest BCUT2D eigenvalue weighted by atomic mass is 10.2. The first-order chi connectivity index (χ1) is 8.15. The molecule has 1 rings (SSSR count). The number of ether oxygens (including phenoxy) is 1. The molecule has 0 aromatic carbocycles. The lowest BCUT2D eigenvalue weighted by Gasteiger charge is -2.03. The first kappa shape index (κ1) is 14.0. The fourth-order valence-electron chi connectivity index (χ4n) is 1.45. The van der Waals surface area contributed by atoms with Gasteiger partial charge in [0.1, 0.15) is 0 Å². The molecule has 0 fully saturated rings. The van der Waals surface area contributed by atoms with Crippen LogP contribution < -0.4 is 11.1 Å². The Hall–Kier alpha value is -1.07. The zero-order valence-electron chi connectivity index (χ0n) is 10.4. The maximum absolute atomic E-state index is 11.7. The second-order valence-corrected chi connectivity index (χ2v) is 5.19. The van der Waals surface area contributed by atoms with Crippen LogP contribution in [0.25, 0.3) is 0 Å². The summed E-state index contributed by atoms with van der Waals surface area (Å²) in [6.45, 7) is 3.41. The average molecular weight is 256 g/mol. The highest BCUT2D eigenvalue weighted by Crippen LogP contribution is 2.23. The van der Waals surface area contributed by atoms with Gasteiger partial charge in [-0.25, -0.2) is 0 Å². The van der Waals surface area contributed by atoms with E-state index in [-0.39, 0.29) is 5.91 Å².